The first-order valence-electron chi connectivity index (χ1n) is 9.18. The molecule has 0 bridgehead atoms. The highest BCUT2D eigenvalue weighted by molar-refractivity contribution is 7.12. The number of hydrogen-bond donors (Lipinski definition) is 1. The van der Waals surface area contributed by atoms with Gasteiger partial charge in [-0.05, 0) is 60.9 Å². The summed E-state index contributed by atoms with van der Waals surface area (Å²) in [5.74, 6) is 0.840. The van der Waals surface area contributed by atoms with Crippen LogP contribution in [0.2, 0.25) is 0 Å². The zero-order valence-electron chi connectivity index (χ0n) is 15.6. The van der Waals surface area contributed by atoms with Gasteiger partial charge in [0.25, 0.3) is 5.91 Å². The number of amides is 1. The van der Waals surface area contributed by atoms with Crippen molar-refractivity contribution in [3.8, 4) is 5.75 Å². The minimum atomic E-state index is -0.0629. The van der Waals surface area contributed by atoms with Crippen molar-refractivity contribution in [2.24, 2.45) is 7.05 Å². The third-order valence-electron chi connectivity index (χ3n) is 5.13. The molecule has 0 spiro atoms. The Bertz CT molecular complexity index is 974. The Balaban J connectivity index is 1.32. The number of carbonyl (C=O) groups is 1. The van der Waals surface area contributed by atoms with E-state index in [-0.39, 0.29) is 5.91 Å². The number of aryl methyl sites for hydroxylation is 3. The maximum absolute atomic E-state index is 12.4. The molecule has 1 aromatic carbocycles. The predicted molar refractivity (Wildman–Crippen MR) is 106 cm³/mol. The van der Waals surface area contributed by atoms with Gasteiger partial charge in [0, 0.05) is 30.4 Å². The van der Waals surface area contributed by atoms with E-state index in [0.29, 0.717) is 18.0 Å². The largest absolute Gasteiger partial charge is 0.489 e. The summed E-state index contributed by atoms with van der Waals surface area (Å²) in [6.45, 7) is 2.95. The monoisotopic (exact) mass is 381 g/mol. The van der Waals surface area contributed by atoms with Gasteiger partial charge >= 0.3 is 0 Å². The fraction of sp³-hybridized carbons (Fsp3) is 0.333. The molecule has 0 fully saturated rings. The Kier molecular flexibility index (Phi) is 4.99. The lowest BCUT2D eigenvalue weighted by Crippen LogP contribution is -2.22. The Hall–Kier alpha value is -2.60. The Morgan fingerprint density at radius 2 is 2.15 bits per heavy atom. The number of aromatic nitrogens is 2. The first-order valence-corrected chi connectivity index (χ1v) is 10.1. The van der Waals surface area contributed by atoms with Crippen molar-refractivity contribution < 1.29 is 9.53 Å². The Morgan fingerprint density at radius 1 is 1.30 bits per heavy atom. The van der Waals surface area contributed by atoms with Crippen LogP contribution in [0.5, 0.6) is 5.75 Å². The third-order valence-corrected chi connectivity index (χ3v) is 6.11. The molecule has 3 aromatic rings. The number of benzene rings is 1. The average molecular weight is 382 g/mol. The van der Waals surface area contributed by atoms with Crippen LogP contribution in [0.4, 0.5) is 0 Å². The topological polar surface area (TPSA) is 56.1 Å². The minimum Gasteiger partial charge on any atom is -0.489 e. The van der Waals surface area contributed by atoms with Gasteiger partial charge in [-0.1, -0.05) is 6.07 Å². The van der Waals surface area contributed by atoms with Gasteiger partial charge in [0.15, 0.2) is 0 Å². The molecule has 2 heterocycles. The van der Waals surface area contributed by atoms with Crippen LogP contribution in [0, 0.1) is 6.92 Å². The van der Waals surface area contributed by atoms with Gasteiger partial charge in [-0.15, -0.1) is 11.3 Å². The van der Waals surface area contributed by atoms with E-state index in [4.69, 9.17) is 4.74 Å². The fourth-order valence-corrected chi connectivity index (χ4v) is 4.17. The van der Waals surface area contributed by atoms with Crippen molar-refractivity contribution in [3.05, 3.63) is 68.7 Å². The maximum Gasteiger partial charge on any atom is 0.261 e. The number of ether oxygens (including phenoxy) is 1. The number of hydrogen-bond acceptors (Lipinski definition) is 4. The molecule has 0 unspecified atom stereocenters. The van der Waals surface area contributed by atoms with Crippen LogP contribution >= 0.6 is 11.3 Å². The van der Waals surface area contributed by atoms with Crippen LogP contribution in [0.1, 0.15) is 44.0 Å². The second-order valence-corrected chi connectivity index (χ2v) is 7.86. The highest BCUT2D eigenvalue weighted by Crippen LogP contribution is 2.27. The quantitative estimate of drug-likeness (QED) is 0.707. The number of carbonyl (C=O) groups excluding carboxylic acids is 1. The summed E-state index contributed by atoms with van der Waals surface area (Å²) >= 11 is 1.44. The molecule has 2 aromatic heterocycles. The van der Waals surface area contributed by atoms with Gasteiger partial charge in [-0.3, -0.25) is 9.48 Å². The van der Waals surface area contributed by atoms with E-state index >= 15 is 0 Å². The zero-order valence-corrected chi connectivity index (χ0v) is 16.4. The maximum atomic E-state index is 12.4. The summed E-state index contributed by atoms with van der Waals surface area (Å²) in [6, 6.07) is 8.27. The second kappa shape index (κ2) is 7.56. The van der Waals surface area contributed by atoms with Gasteiger partial charge in [0.05, 0.1) is 11.1 Å². The van der Waals surface area contributed by atoms with Crippen LogP contribution in [0.25, 0.3) is 0 Å². The standard InChI is InChI=1S/C21H23N3O2S/c1-14-18(11-23-24(14)2)10-22-21(25)20-8-15(13-27-20)12-26-19-7-6-16-4-3-5-17(16)9-19/h6-9,11,13H,3-5,10,12H2,1-2H3,(H,22,25). The van der Waals surface area contributed by atoms with E-state index in [9.17, 15) is 4.79 Å². The predicted octanol–water partition coefficient (Wildman–Crippen LogP) is 3.79. The molecule has 0 atom stereocenters. The van der Waals surface area contributed by atoms with Gasteiger partial charge < -0.3 is 10.1 Å². The van der Waals surface area contributed by atoms with Crippen molar-refractivity contribution in [2.75, 3.05) is 0 Å². The van der Waals surface area contributed by atoms with E-state index < -0.39 is 0 Å². The summed E-state index contributed by atoms with van der Waals surface area (Å²) in [7, 11) is 1.90. The van der Waals surface area contributed by atoms with Crippen molar-refractivity contribution in [2.45, 2.75) is 39.3 Å². The molecule has 0 saturated heterocycles. The lowest BCUT2D eigenvalue weighted by molar-refractivity contribution is 0.0955. The average Bonchev–Trinajstić information content (AvgIpc) is 3.40. The van der Waals surface area contributed by atoms with Crippen molar-refractivity contribution in [1.82, 2.24) is 15.1 Å². The summed E-state index contributed by atoms with van der Waals surface area (Å²) in [4.78, 5) is 13.1. The van der Waals surface area contributed by atoms with Gasteiger partial charge in [0.1, 0.15) is 12.4 Å². The summed E-state index contributed by atoms with van der Waals surface area (Å²) in [5, 5.41) is 9.14. The van der Waals surface area contributed by atoms with Crippen molar-refractivity contribution >= 4 is 17.2 Å². The van der Waals surface area contributed by atoms with E-state index in [1.165, 1.54) is 35.3 Å². The molecule has 1 N–H and O–H groups in total. The van der Waals surface area contributed by atoms with Crippen molar-refractivity contribution in [3.63, 3.8) is 0 Å². The molecule has 140 valence electrons. The number of rotatable bonds is 6. The minimum absolute atomic E-state index is 0.0629. The molecular formula is C21H23N3O2S. The molecular weight excluding hydrogens is 358 g/mol. The summed E-state index contributed by atoms with van der Waals surface area (Å²) in [6.07, 6.45) is 5.35. The van der Waals surface area contributed by atoms with E-state index in [2.05, 4.69) is 22.5 Å². The molecule has 0 saturated carbocycles. The SMILES string of the molecule is Cc1c(CNC(=O)c2cc(COc3ccc4c(c3)CCC4)cs2)cnn1C. The number of fused-ring (bicyclic) bond motifs is 1. The first-order chi connectivity index (χ1) is 13.1. The fourth-order valence-electron chi connectivity index (χ4n) is 3.36. The molecule has 27 heavy (non-hydrogen) atoms. The highest BCUT2D eigenvalue weighted by atomic mass is 32.1. The van der Waals surface area contributed by atoms with E-state index in [1.807, 2.05) is 31.5 Å². The van der Waals surface area contributed by atoms with E-state index in [1.54, 1.807) is 10.9 Å². The van der Waals surface area contributed by atoms with Crippen LogP contribution < -0.4 is 10.1 Å². The van der Waals surface area contributed by atoms with Gasteiger partial charge in [-0.2, -0.15) is 5.10 Å². The Morgan fingerprint density at radius 3 is 2.96 bits per heavy atom. The lowest BCUT2D eigenvalue weighted by Gasteiger charge is -2.07. The smallest absolute Gasteiger partial charge is 0.261 e. The Labute approximate surface area is 163 Å². The van der Waals surface area contributed by atoms with Crippen LogP contribution in [0.3, 0.4) is 0 Å². The van der Waals surface area contributed by atoms with Crippen LogP contribution in [-0.4, -0.2) is 15.7 Å². The number of nitrogens with zero attached hydrogens (tertiary/aromatic N) is 2. The number of thiophene rings is 1. The summed E-state index contributed by atoms with van der Waals surface area (Å²) in [5.41, 5.74) is 5.96. The van der Waals surface area contributed by atoms with Crippen molar-refractivity contribution in [1.29, 1.82) is 0 Å². The zero-order chi connectivity index (χ0) is 18.8. The molecule has 5 nitrogen and oxygen atoms in total. The molecule has 1 aliphatic rings. The van der Waals surface area contributed by atoms with Gasteiger partial charge in [-0.25, -0.2) is 0 Å². The number of nitrogens with one attached hydrogen (secondary N) is 1. The molecule has 1 amide bonds. The first kappa shape index (κ1) is 17.8. The molecule has 0 aliphatic heterocycles. The highest BCUT2D eigenvalue weighted by Gasteiger charge is 2.13. The van der Waals surface area contributed by atoms with E-state index in [0.717, 1.165) is 29.0 Å². The summed E-state index contributed by atoms with van der Waals surface area (Å²) < 4.78 is 7.73. The molecule has 4 rings (SSSR count). The normalized spacial score (nSPS) is 12.8. The third kappa shape index (κ3) is 3.90. The van der Waals surface area contributed by atoms with Crippen LogP contribution in [-0.2, 0) is 33.0 Å². The second-order valence-electron chi connectivity index (χ2n) is 6.95. The van der Waals surface area contributed by atoms with Crippen LogP contribution in [0.15, 0.2) is 35.8 Å². The molecule has 6 heteroatoms. The molecule has 1 aliphatic carbocycles. The lowest BCUT2D eigenvalue weighted by atomic mass is 10.1. The van der Waals surface area contributed by atoms with Gasteiger partial charge in [0.2, 0.25) is 0 Å². The molecule has 0 radical (unpaired) electrons.